The molecular formula is C10H4BrF3O4. The van der Waals surface area contributed by atoms with Crippen LogP contribution in [0.15, 0.2) is 27.1 Å². The van der Waals surface area contributed by atoms with Crippen LogP contribution in [0.3, 0.4) is 0 Å². The highest BCUT2D eigenvalue weighted by Gasteiger charge is 2.31. The maximum absolute atomic E-state index is 12.1. The van der Waals surface area contributed by atoms with Crippen molar-refractivity contribution in [3.8, 4) is 5.75 Å². The first kappa shape index (κ1) is 12.7. The summed E-state index contributed by atoms with van der Waals surface area (Å²) in [6, 6.07) is 3.21. The molecule has 1 N–H and O–H groups in total. The molecule has 0 bridgehead atoms. The van der Waals surface area contributed by atoms with E-state index in [0.717, 1.165) is 18.2 Å². The van der Waals surface area contributed by atoms with E-state index in [0.29, 0.717) is 0 Å². The number of ether oxygens (including phenoxy) is 1. The van der Waals surface area contributed by atoms with Gasteiger partial charge in [0, 0.05) is 5.39 Å². The molecule has 96 valence electrons. The maximum atomic E-state index is 12.1. The Hall–Kier alpha value is -1.70. The molecule has 2 rings (SSSR count). The van der Waals surface area contributed by atoms with Crippen molar-refractivity contribution in [2.75, 3.05) is 0 Å². The Kier molecular flexibility index (Phi) is 2.97. The molecule has 18 heavy (non-hydrogen) atoms. The molecule has 0 amide bonds. The van der Waals surface area contributed by atoms with Crippen LogP contribution >= 0.6 is 15.9 Å². The van der Waals surface area contributed by atoms with Gasteiger partial charge < -0.3 is 14.3 Å². The standard InChI is InChI=1S/C10H4BrF3O4/c11-6-3-5(18-10(12,13)14)1-4-2-7(9(15)16)17-8(4)6/h1-3H,(H,15,16). The Morgan fingerprint density at radius 2 is 2.00 bits per heavy atom. The summed E-state index contributed by atoms with van der Waals surface area (Å²) in [6.07, 6.45) is -4.81. The molecular weight excluding hydrogens is 321 g/mol. The lowest BCUT2D eigenvalue weighted by Gasteiger charge is -2.08. The van der Waals surface area contributed by atoms with Crippen LogP contribution in [0.2, 0.25) is 0 Å². The zero-order valence-electron chi connectivity index (χ0n) is 8.42. The highest BCUT2D eigenvalue weighted by molar-refractivity contribution is 9.10. The molecule has 0 saturated heterocycles. The number of alkyl halides is 3. The Bertz CT molecular complexity index is 617. The number of hydrogen-bond donors (Lipinski definition) is 1. The van der Waals surface area contributed by atoms with E-state index in [1.807, 2.05) is 0 Å². The summed E-state index contributed by atoms with van der Waals surface area (Å²) in [5, 5.41) is 8.91. The van der Waals surface area contributed by atoms with Crippen LogP contribution in [0, 0.1) is 0 Å². The SMILES string of the molecule is O=C(O)c1cc2cc(OC(F)(F)F)cc(Br)c2o1. The normalized spacial score (nSPS) is 11.8. The number of hydrogen-bond acceptors (Lipinski definition) is 3. The second-order valence-electron chi connectivity index (χ2n) is 3.29. The van der Waals surface area contributed by atoms with Crippen LogP contribution in [0.5, 0.6) is 5.75 Å². The predicted octanol–water partition coefficient (Wildman–Crippen LogP) is 3.79. The van der Waals surface area contributed by atoms with Crippen molar-refractivity contribution in [3.63, 3.8) is 0 Å². The molecule has 2 aromatic rings. The highest BCUT2D eigenvalue weighted by atomic mass is 79.9. The minimum atomic E-state index is -4.81. The van der Waals surface area contributed by atoms with Crippen molar-refractivity contribution in [2.45, 2.75) is 6.36 Å². The van der Waals surface area contributed by atoms with E-state index in [4.69, 9.17) is 9.52 Å². The first-order chi connectivity index (χ1) is 8.26. The fraction of sp³-hybridized carbons (Fsp3) is 0.100. The van der Waals surface area contributed by atoms with Gasteiger partial charge in [-0.15, -0.1) is 13.2 Å². The molecule has 4 nitrogen and oxygen atoms in total. The first-order valence-corrected chi connectivity index (χ1v) is 5.28. The Balaban J connectivity index is 2.51. The lowest BCUT2D eigenvalue weighted by atomic mass is 10.2. The van der Waals surface area contributed by atoms with Gasteiger partial charge in [-0.1, -0.05) is 0 Å². The largest absolute Gasteiger partial charge is 0.573 e. The van der Waals surface area contributed by atoms with E-state index in [2.05, 4.69) is 20.7 Å². The quantitative estimate of drug-likeness (QED) is 0.913. The number of rotatable bonds is 2. The molecule has 0 aliphatic heterocycles. The van der Waals surface area contributed by atoms with Gasteiger partial charge in [-0.25, -0.2) is 4.79 Å². The molecule has 0 radical (unpaired) electrons. The second-order valence-corrected chi connectivity index (χ2v) is 4.14. The van der Waals surface area contributed by atoms with Crippen molar-refractivity contribution >= 4 is 32.9 Å². The van der Waals surface area contributed by atoms with Crippen molar-refractivity contribution in [3.05, 3.63) is 28.4 Å². The van der Waals surface area contributed by atoms with Gasteiger partial charge in [0.25, 0.3) is 0 Å². The number of carboxylic acid groups (broad SMARTS) is 1. The number of benzene rings is 1. The Morgan fingerprint density at radius 3 is 2.56 bits per heavy atom. The van der Waals surface area contributed by atoms with Crippen LogP contribution in [-0.4, -0.2) is 17.4 Å². The Labute approximate surface area is 106 Å². The van der Waals surface area contributed by atoms with Crippen molar-refractivity contribution in [1.82, 2.24) is 0 Å². The third-order valence-corrected chi connectivity index (χ3v) is 2.58. The van der Waals surface area contributed by atoms with Gasteiger partial charge in [0.15, 0.2) is 0 Å². The number of carboxylic acids is 1. The van der Waals surface area contributed by atoms with E-state index in [-0.39, 0.29) is 21.2 Å². The van der Waals surface area contributed by atoms with Crippen LogP contribution in [0.25, 0.3) is 11.0 Å². The minimum absolute atomic E-state index is 0.141. The third kappa shape index (κ3) is 2.58. The molecule has 0 atom stereocenters. The van der Waals surface area contributed by atoms with Gasteiger partial charge >= 0.3 is 12.3 Å². The monoisotopic (exact) mass is 324 g/mol. The number of carbonyl (C=O) groups is 1. The zero-order valence-corrected chi connectivity index (χ0v) is 10.0. The van der Waals surface area contributed by atoms with Crippen molar-refractivity contribution in [2.24, 2.45) is 0 Å². The lowest BCUT2D eigenvalue weighted by Crippen LogP contribution is -2.17. The number of aromatic carboxylic acids is 1. The third-order valence-electron chi connectivity index (χ3n) is 1.99. The average molecular weight is 325 g/mol. The van der Waals surface area contributed by atoms with Crippen molar-refractivity contribution in [1.29, 1.82) is 0 Å². The van der Waals surface area contributed by atoms with E-state index in [9.17, 15) is 18.0 Å². The number of furan rings is 1. The van der Waals surface area contributed by atoms with Gasteiger partial charge in [0.1, 0.15) is 11.3 Å². The molecule has 0 spiro atoms. The molecule has 0 saturated carbocycles. The summed E-state index contributed by atoms with van der Waals surface area (Å²) >= 11 is 2.98. The second kappa shape index (κ2) is 4.20. The summed E-state index contributed by atoms with van der Waals surface area (Å²) in [6.45, 7) is 0. The zero-order chi connectivity index (χ0) is 13.5. The van der Waals surface area contributed by atoms with E-state index >= 15 is 0 Å². The van der Waals surface area contributed by atoms with E-state index < -0.39 is 18.1 Å². The molecule has 1 aromatic heterocycles. The van der Waals surface area contributed by atoms with Crippen LogP contribution < -0.4 is 4.74 Å². The topological polar surface area (TPSA) is 59.7 Å². The molecule has 0 aliphatic rings. The Morgan fingerprint density at radius 1 is 1.33 bits per heavy atom. The fourth-order valence-corrected chi connectivity index (χ4v) is 1.92. The van der Waals surface area contributed by atoms with Gasteiger partial charge in [0.2, 0.25) is 5.76 Å². The summed E-state index contributed by atoms with van der Waals surface area (Å²) in [5.41, 5.74) is 0.141. The van der Waals surface area contributed by atoms with Gasteiger partial charge in [-0.2, -0.15) is 0 Å². The van der Waals surface area contributed by atoms with Gasteiger partial charge in [0.05, 0.1) is 4.47 Å². The van der Waals surface area contributed by atoms with E-state index in [1.54, 1.807) is 0 Å². The number of halogens is 4. The first-order valence-electron chi connectivity index (χ1n) is 4.48. The molecule has 0 aliphatic carbocycles. The highest BCUT2D eigenvalue weighted by Crippen LogP contribution is 2.34. The molecule has 0 fully saturated rings. The molecule has 8 heteroatoms. The summed E-state index contributed by atoms with van der Waals surface area (Å²) in [5.74, 6) is -2.13. The summed E-state index contributed by atoms with van der Waals surface area (Å²) in [4.78, 5) is 10.7. The number of fused-ring (bicyclic) bond motifs is 1. The van der Waals surface area contributed by atoms with Crippen LogP contribution in [0.1, 0.15) is 10.6 Å². The average Bonchev–Trinajstić information content (AvgIpc) is 2.58. The maximum Gasteiger partial charge on any atom is 0.573 e. The lowest BCUT2D eigenvalue weighted by molar-refractivity contribution is -0.274. The molecule has 1 aromatic carbocycles. The van der Waals surface area contributed by atoms with Gasteiger partial charge in [-0.05, 0) is 34.1 Å². The van der Waals surface area contributed by atoms with Crippen LogP contribution in [0.4, 0.5) is 13.2 Å². The van der Waals surface area contributed by atoms with Crippen LogP contribution in [-0.2, 0) is 0 Å². The molecule has 0 unspecified atom stereocenters. The van der Waals surface area contributed by atoms with Gasteiger partial charge in [-0.3, -0.25) is 0 Å². The summed E-state index contributed by atoms with van der Waals surface area (Å²) in [7, 11) is 0. The molecule has 1 heterocycles. The van der Waals surface area contributed by atoms with Crippen molar-refractivity contribution < 1.29 is 32.2 Å². The smallest absolute Gasteiger partial charge is 0.475 e. The minimum Gasteiger partial charge on any atom is -0.475 e. The summed E-state index contributed by atoms with van der Waals surface area (Å²) < 4.78 is 45.0. The predicted molar refractivity (Wildman–Crippen MR) is 57.6 cm³/mol. The fourth-order valence-electron chi connectivity index (χ4n) is 1.38. The van der Waals surface area contributed by atoms with E-state index in [1.165, 1.54) is 0 Å².